The minimum Gasteiger partial charge on any atom is -0.496 e. The van der Waals surface area contributed by atoms with Crippen LogP contribution in [-0.4, -0.2) is 36.8 Å². The van der Waals surface area contributed by atoms with E-state index in [4.69, 9.17) is 9.47 Å². The minimum atomic E-state index is 0.00544. The van der Waals surface area contributed by atoms with Crippen LogP contribution in [0.4, 0.5) is 0 Å². The molecule has 1 aliphatic rings. The van der Waals surface area contributed by atoms with Gasteiger partial charge in [0.05, 0.1) is 13.7 Å². The first-order valence-corrected chi connectivity index (χ1v) is 10.2. The molecular formula is C25H28N2O2. The van der Waals surface area contributed by atoms with Crippen LogP contribution in [0.25, 0.3) is 0 Å². The first-order chi connectivity index (χ1) is 14.3. The fraction of sp³-hybridized carbons (Fsp3) is 0.320. The molecule has 1 fully saturated rings. The van der Waals surface area contributed by atoms with Gasteiger partial charge in [0.15, 0.2) is 0 Å². The van der Waals surface area contributed by atoms with Crippen molar-refractivity contribution in [2.75, 3.05) is 26.9 Å². The van der Waals surface area contributed by atoms with Gasteiger partial charge in [-0.15, -0.1) is 0 Å². The Morgan fingerprint density at radius 1 is 1.00 bits per heavy atom. The van der Waals surface area contributed by atoms with Crippen molar-refractivity contribution in [1.82, 2.24) is 9.88 Å². The number of hydrogen-bond acceptors (Lipinski definition) is 4. The molecule has 2 heterocycles. The van der Waals surface area contributed by atoms with E-state index in [1.54, 1.807) is 7.11 Å². The van der Waals surface area contributed by atoms with Crippen LogP contribution in [0, 0.1) is 0 Å². The highest BCUT2D eigenvalue weighted by Gasteiger charge is 2.38. The van der Waals surface area contributed by atoms with Crippen molar-refractivity contribution in [2.45, 2.75) is 24.9 Å². The van der Waals surface area contributed by atoms with E-state index in [2.05, 4.69) is 58.4 Å². The summed E-state index contributed by atoms with van der Waals surface area (Å²) in [5, 5.41) is 0. The Balaban J connectivity index is 1.64. The third-order valence-electron chi connectivity index (χ3n) is 5.73. The van der Waals surface area contributed by atoms with Gasteiger partial charge >= 0.3 is 0 Å². The molecule has 0 saturated carbocycles. The molecule has 0 bridgehead atoms. The molecule has 0 radical (unpaired) electrons. The average molecular weight is 389 g/mol. The van der Waals surface area contributed by atoms with Gasteiger partial charge in [-0.2, -0.15) is 0 Å². The number of hydrogen-bond donors (Lipinski definition) is 0. The molecule has 1 saturated heterocycles. The number of pyridine rings is 1. The van der Waals surface area contributed by atoms with E-state index in [0.717, 1.165) is 45.0 Å². The molecule has 4 nitrogen and oxygen atoms in total. The zero-order valence-electron chi connectivity index (χ0n) is 17.0. The molecule has 0 unspecified atom stereocenters. The largest absolute Gasteiger partial charge is 0.496 e. The predicted octanol–water partition coefficient (Wildman–Crippen LogP) is 4.45. The molecule has 150 valence electrons. The number of aromatic nitrogens is 1. The molecule has 4 rings (SSSR count). The lowest BCUT2D eigenvalue weighted by molar-refractivity contribution is 0.143. The minimum absolute atomic E-state index is 0.00544. The van der Waals surface area contributed by atoms with E-state index in [9.17, 15) is 0 Å². The van der Waals surface area contributed by atoms with Crippen LogP contribution in [0.3, 0.4) is 0 Å². The summed E-state index contributed by atoms with van der Waals surface area (Å²) in [4.78, 5) is 6.81. The first-order valence-electron chi connectivity index (χ1n) is 10.2. The second-order valence-corrected chi connectivity index (χ2v) is 7.77. The molecular weight excluding hydrogens is 360 g/mol. The standard InChI is InChI=1S/C25H28N2O2/c1-28-24-12-6-5-9-22(24)18-27(17-21-8-7-14-26-16-21)19-25(13-15-29-20-25)23-10-3-2-4-11-23/h2-12,14,16H,13,15,17-20H2,1H3/t25-/m1/s1. The third-order valence-corrected chi connectivity index (χ3v) is 5.73. The van der Waals surface area contributed by atoms with Gasteiger partial charge in [-0.25, -0.2) is 0 Å². The maximum Gasteiger partial charge on any atom is 0.123 e. The van der Waals surface area contributed by atoms with Crippen LogP contribution in [0.2, 0.25) is 0 Å². The number of nitrogens with zero attached hydrogens (tertiary/aromatic N) is 2. The summed E-state index contributed by atoms with van der Waals surface area (Å²) < 4.78 is 11.5. The van der Waals surface area contributed by atoms with Crippen LogP contribution in [0.5, 0.6) is 5.75 Å². The van der Waals surface area contributed by atoms with Gasteiger partial charge in [0.2, 0.25) is 0 Å². The summed E-state index contributed by atoms with van der Waals surface area (Å²) in [6, 6.07) is 23.2. The van der Waals surface area contributed by atoms with Crippen LogP contribution >= 0.6 is 0 Å². The molecule has 0 N–H and O–H groups in total. The van der Waals surface area contributed by atoms with E-state index in [0.29, 0.717) is 0 Å². The predicted molar refractivity (Wildman–Crippen MR) is 115 cm³/mol. The average Bonchev–Trinajstić information content (AvgIpc) is 3.25. The number of methoxy groups -OCH3 is 1. The molecule has 4 heteroatoms. The Morgan fingerprint density at radius 2 is 1.83 bits per heavy atom. The molecule has 1 aliphatic heterocycles. The van der Waals surface area contributed by atoms with Crippen molar-refractivity contribution in [3.8, 4) is 5.75 Å². The summed E-state index contributed by atoms with van der Waals surface area (Å²) in [5.74, 6) is 0.931. The Morgan fingerprint density at radius 3 is 2.55 bits per heavy atom. The molecule has 0 spiro atoms. The molecule has 2 aromatic carbocycles. The first kappa shape index (κ1) is 19.6. The maximum atomic E-state index is 5.90. The Hall–Kier alpha value is -2.69. The van der Waals surface area contributed by atoms with Gasteiger partial charge in [0, 0.05) is 49.6 Å². The van der Waals surface area contributed by atoms with E-state index >= 15 is 0 Å². The lowest BCUT2D eigenvalue weighted by Gasteiger charge is -2.35. The van der Waals surface area contributed by atoms with Crippen LogP contribution in [0.15, 0.2) is 79.1 Å². The van der Waals surface area contributed by atoms with Gasteiger partial charge < -0.3 is 9.47 Å². The van der Waals surface area contributed by atoms with Gasteiger partial charge in [0.1, 0.15) is 5.75 Å². The van der Waals surface area contributed by atoms with E-state index < -0.39 is 0 Å². The summed E-state index contributed by atoms with van der Waals surface area (Å²) in [5.41, 5.74) is 3.77. The van der Waals surface area contributed by atoms with Crippen molar-refractivity contribution in [1.29, 1.82) is 0 Å². The van der Waals surface area contributed by atoms with Crippen molar-refractivity contribution < 1.29 is 9.47 Å². The zero-order chi connectivity index (χ0) is 19.9. The lowest BCUT2D eigenvalue weighted by atomic mass is 9.79. The number of rotatable bonds is 8. The van der Waals surface area contributed by atoms with Crippen LogP contribution in [0.1, 0.15) is 23.1 Å². The summed E-state index contributed by atoms with van der Waals surface area (Å²) >= 11 is 0. The molecule has 3 aromatic rings. The summed E-state index contributed by atoms with van der Waals surface area (Å²) in [7, 11) is 1.74. The van der Waals surface area contributed by atoms with Crippen LogP contribution in [-0.2, 0) is 23.2 Å². The number of benzene rings is 2. The molecule has 1 aromatic heterocycles. The van der Waals surface area contributed by atoms with Crippen molar-refractivity contribution in [2.24, 2.45) is 0 Å². The van der Waals surface area contributed by atoms with E-state index in [1.165, 1.54) is 16.7 Å². The smallest absolute Gasteiger partial charge is 0.123 e. The number of para-hydroxylation sites is 1. The van der Waals surface area contributed by atoms with Gasteiger partial charge in [0.25, 0.3) is 0 Å². The lowest BCUT2D eigenvalue weighted by Crippen LogP contribution is -2.41. The highest BCUT2D eigenvalue weighted by atomic mass is 16.5. The Labute approximate surface area is 173 Å². The monoisotopic (exact) mass is 388 g/mol. The molecule has 29 heavy (non-hydrogen) atoms. The normalized spacial score (nSPS) is 18.8. The molecule has 1 atom stereocenters. The quantitative estimate of drug-likeness (QED) is 0.571. The fourth-order valence-corrected chi connectivity index (χ4v) is 4.26. The SMILES string of the molecule is COc1ccccc1CN(Cc1cccnc1)C[C@]1(c2ccccc2)CCOC1. The third kappa shape index (κ3) is 4.66. The Bertz CT molecular complexity index is 893. The van der Waals surface area contributed by atoms with Gasteiger partial charge in [-0.05, 0) is 29.7 Å². The van der Waals surface area contributed by atoms with Crippen LogP contribution < -0.4 is 4.74 Å². The molecule has 0 aliphatic carbocycles. The highest BCUT2D eigenvalue weighted by Crippen LogP contribution is 2.35. The fourth-order valence-electron chi connectivity index (χ4n) is 4.26. The van der Waals surface area contributed by atoms with Crippen molar-refractivity contribution >= 4 is 0 Å². The number of ether oxygens (including phenoxy) is 2. The second kappa shape index (κ2) is 9.21. The van der Waals surface area contributed by atoms with Crippen molar-refractivity contribution in [3.63, 3.8) is 0 Å². The maximum absolute atomic E-state index is 5.90. The summed E-state index contributed by atoms with van der Waals surface area (Å²) in [6.45, 7) is 4.13. The summed E-state index contributed by atoms with van der Waals surface area (Å²) in [6.07, 6.45) is 4.81. The van der Waals surface area contributed by atoms with Gasteiger partial charge in [-0.1, -0.05) is 54.6 Å². The van der Waals surface area contributed by atoms with Crippen molar-refractivity contribution in [3.05, 3.63) is 95.8 Å². The molecule has 0 amide bonds. The van der Waals surface area contributed by atoms with E-state index in [-0.39, 0.29) is 5.41 Å². The topological polar surface area (TPSA) is 34.6 Å². The Kier molecular flexibility index (Phi) is 6.23. The van der Waals surface area contributed by atoms with Gasteiger partial charge in [-0.3, -0.25) is 9.88 Å². The van der Waals surface area contributed by atoms with E-state index in [1.807, 2.05) is 30.6 Å². The zero-order valence-corrected chi connectivity index (χ0v) is 17.0. The highest BCUT2D eigenvalue weighted by molar-refractivity contribution is 5.33. The second-order valence-electron chi connectivity index (χ2n) is 7.77.